The number of nitrogens with zero attached hydrogens (tertiary/aromatic N) is 1. The van der Waals surface area contributed by atoms with Crippen molar-refractivity contribution in [1.29, 1.82) is 0 Å². The monoisotopic (exact) mass is 293 g/mol. The summed E-state index contributed by atoms with van der Waals surface area (Å²) in [5, 5.41) is 9.31. The van der Waals surface area contributed by atoms with E-state index in [4.69, 9.17) is 9.47 Å². The van der Waals surface area contributed by atoms with Crippen molar-refractivity contribution in [3.05, 3.63) is 35.9 Å². The summed E-state index contributed by atoms with van der Waals surface area (Å²) in [6.45, 7) is 0.491. The van der Waals surface area contributed by atoms with E-state index in [-0.39, 0.29) is 6.61 Å². The molecular weight excluding hydrogens is 274 g/mol. The molecule has 1 aromatic rings. The molecule has 0 bridgehead atoms. The number of piperidine rings is 1. The average Bonchev–Trinajstić information content (AvgIpc) is 2.52. The largest absolute Gasteiger partial charge is 0.480 e. The number of rotatable bonds is 4. The minimum absolute atomic E-state index is 0.125. The van der Waals surface area contributed by atoms with E-state index in [0.29, 0.717) is 19.4 Å². The van der Waals surface area contributed by atoms with Gasteiger partial charge in [0, 0.05) is 13.7 Å². The van der Waals surface area contributed by atoms with Crippen molar-refractivity contribution in [3.63, 3.8) is 0 Å². The van der Waals surface area contributed by atoms with Gasteiger partial charge >= 0.3 is 12.1 Å². The first-order chi connectivity index (χ1) is 10.1. The molecule has 21 heavy (non-hydrogen) atoms. The third-order valence-corrected chi connectivity index (χ3v) is 3.57. The smallest absolute Gasteiger partial charge is 0.410 e. The summed E-state index contributed by atoms with van der Waals surface area (Å²) >= 11 is 0. The third kappa shape index (κ3) is 3.72. The molecule has 114 valence electrons. The maximum atomic E-state index is 12.1. The molecule has 1 saturated heterocycles. The number of hydrogen-bond acceptors (Lipinski definition) is 4. The van der Waals surface area contributed by atoms with E-state index in [0.717, 1.165) is 5.56 Å². The molecule has 1 fully saturated rings. The van der Waals surface area contributed by atoms with Gasteiger partial charge in [0.2, 0.25) is 0 Å². The van der Waals surface area contributed by atoms with Gasteiger partial charge < -0.3 is 14.6 Å². The topological polar surface area (TPSA) is 76.1 Å². The molecule has 0 spiro atoms. The highest BCUT2D eigenvalue weighted by Gasteiger charge is 2.40. The standard InChI is InChI=1S/C15H19NO5/c1-20-12-8-5-9-16(13(12)14(17)18)15(19)21-10-11-6-3-2-4-7-11/h2-4,6-7,12-13H,5,8-10H2,1H3,(H,17,18). The van der Waals surface area contributed by atoms with Gasteiger partial charge in [-0.05, 0) is 18.4 Å². The van der Waals surface area contributed by atoms with E-state index in [1.165, 1.54) is 12.0 Å². The quantitative estimate of drug-likeness (QED) is 0.917. The van der Waals surface area contributed by atoms with Gasteiger partial charge in [-0.1, -0.05) is 30.3 Å². The van der Waals surface area contributed by atoms with Gasteiger partial charge in [-0.15, -0.1) is 0 Å². The normalized spacial score (nSPS) is 21.9. The summed E-state index contributed by atoms with van der Waals surface area (Å²) in [6, 6.07) is 8.27. The van der Waals surface area contributed by atoms with Crippen LogP contribution in [0.1, 0.15) is 18.4 Å². The van der Waals surface area contributed by atoms with Gasteiger partial charge in [0.25, 0.3) is 0 Å². The fraction of sp³-hybridized carbons (Fsp3) is 0.467. The second kappa shape index (κ2) is 7.08. The van der Waals surface area contributed by atoms with Crippen LogP contribution < -0.4 is 0 Å². The fourth-order valence-corrected chi connectivity index (χ4v) is 2.51. The molecule has 1 N–H and O–H groups in total. The number of ether oxygens (including phenoxy) is 2. The Kier molecular flexibility index (Phi) is 5.16. The van der Waals surface area contributed by atoms with Crippen molar-refractivity contribution in [2.45, 2.75) is 31.6 Å². The molecule has 0 saturated carbocycles. The lowest BCUT2D eigenvalue weighted by atomic mass is 9.99. The zero-order chi connectivity index (χ0) is 15.2. The predicted octanol–water partition coefficient (Wildman–Crippen LogP) is 1.89. The number of aliphatic carboxylic acids is 1. The molecule has 1 aromatic carbocycles. The Morgan fingerprint density at radius 1 is 1.33 bits per heavy atom. The highest BCUT2D eigenvalue weighted by molar-refractivity contribution is 5.81. The molecule has 2 rings (SSSR count). The molecule has 2 atom stereocenters. The summed E-state index contributed by atoms with van der Waals surface area (Å²) in [4.78, 5) is 24.8. The van der Waals surface area contributed by atoms with E-state index in [1.807, 2.05) is 30.3 Å². The molecule has 1 heterocycles. The van der Waals surface area contributed by atoms with E-state index in [9.17, 15) is 14.7 Å². The maximum Gasteiger partial charge on any atom is 0.410 e. The highest BCUT2D eigenvalue weighted by atomic mass is 16.6. The number of likely N-dealkylation sites (tertiary alicyclic amines) is 1. The van der Waals surface area contributed by atoms with Crippen LogP contribution in [0.2, 0.25) is 0 Å². The van der Waals surface area contributed by atoms with Crippen LogP contribution in [0, 0.1) is 0 Å². The number of carbonyl (C=O) groups excluding carboxylic acids is 1. The number of carbonyl (C=O) groups is 2. The predicted molar refractivity (Wildman–Crippen MR) is 74.8 cm³/mol. The Labute approximate surface area is 123 Å². The van der Waals surface area contributed by atoms with E-state index >= 15 is 0 Å². The van der Waals surface area contributed by atoms with Crippen molar-refractivity contribution in [2.24, 2.45) is 0 Å². The van der Waals surface area contributed by atoms with Crippen LogP contribution >= 0.6 is 0 Å². The molecular formula is C15H19NO5. The van der Waals surface area contributed by atoms with E-state index < -0.39 is 24.2 Å². The van der Waals surface area contributed by atoms with Crippen molar-refractivity contribution in [3.8, 4) is 0 Å². The first-order valence-electron chi connectivity index (χ1n) is 6.86. The third-order valence-electron chi connectivity index (χ3n) is 3.57. The summed E-state index contributed by atoms with van der Waals surface area (Å²) in [6.07, 6.45) is 0.201. The lowest BCUT2D eigenvalue weighted by Gasteiger charge is -2.37. The number of carboxylic acid groups (broad SMARTS) is 1. The molecule has 1 amide bonds. The summed E-state index contributed by atoms with van der Waals surface area (Å²) in [7, 11) is 1.46. The van der Waals surface area contributed by atoms with Gasteiger partial charge in [0.05, 0.1) is 6.10 Å². The lowest BCUT2D eigenvalue weighted by molar-refractivity contribution is -0.150. The van der Waals surface area contributed by atoms with Gasteiger partial charge in [-0.2, -0.15) is 0 Å². The Balaban J connectivity index is 2.00. The van der Waals surface area contributed by atoms with Gasteiger partial charge in [0.1, 0.15) is 6.61 Å². The average molecular weight is 293 g/mol. The Morgan fingerprint density at radius 3 is 2.67 bits per heavy atom. The SMILES string of the molecule is COC1CCCN(C(=O)OCc2ccccc2)C1C(=O)O. The van der Waals surface area contributed by atoms with Crippen LogP contribution in [0.3, 0.4) is 0 Å². The first-order valence-corrected chi connectivity index (χ1v) is 6.86. The fourth-order valence-electron chi connectivity index (χ4n) is 2.51. The lowest BCUT2D eigenvalue weighted by Crippen LogP contribution is -2.55. The molecule has 6 nitrogen and oxygen atoms in total. The first kappa shape index (κ1) is 15.3. The van der Waals surface area contributed by atoms with Crippen LogP contribution in [0.5, 0.6) is 0 Å². The number of hydrogen-bond donors (Lipinski definition) is 1. The number of benzene rings is 1. The molecule has 1 aliphatic heterocycles. The van der Waals surface area contributed by atoms with Crippen molar-refractivity contribution in [1.82, 2.24) is 4.90 Å². The van der Waals surface area contributed by atoms with Crippen LogP contribution in [-0.4, -0.2) is 47.9 Å². The van der Waals surface area contributed by atoms with Crippen molar-refractivity contribution < 1.29 is 24.2 Å². The molecule has 6 heteroatoms. The number of carboxylic acids is 1. The van der Waals surface area contributed by atoms with Crippen molar-refractivity contribution >= 4 is 12.1 Å². The highest BCUT2D eigenvalue weighted by Crippen LogP contribution is 2.21. The Bertz CT molecular complexity index is 490. The zero-order valence-corrected chi connectivity index (χ0v) is 11.9. The van der Waals surface area contributed by atoms with E-state index in [1.54, 1.807) is 0 Å². The zero-order valence-electron chi connectivity index (χ0n) is 11.9. The van der Waals surface area contributed by atoms with Crippen LogP contribution in [0.4, 0.5) is 4.79 Å². The maximum absolute atomic E-state index is 12.1. The summed E-state index contributed by atoms with van der Waals surface area (Å²) < 4.78 is 10.4. The van der Waals surface area contributed by atoms with Crippen LogP contribution in [0.25, 0.3) is 0 Å². The number of amides is 1. The molecule has 0 aromatic heterocycles. The van der Waals surface area contributed by atoms with Crippen LogP contribution in [-0.2, 0) is 20.9 Å². The Hall–Kier alpha value is -2.08. The molecule has 0 aliphatic carbocycles. The van der Waals surface area contributed by atoms with E-state index in [2.05, 4.69) is 0 Å². The van der Waals surface area contributed by atoms with Crippen LogP contribution in [0.15, 0.2) is 30.3 Å². The Morgan fingerprint density at radius 2 is 2.05 bits per heavy atom. The second-order valence-corrected chi connectivity index (χ2v) is 4.93. The molecule has 2 unspecified atom stereocenters. The van der Waals surface area contributed by atoms with Gasteiger partial charge in [0.15, 0.2) is 6.04 Å². The number of methoxy groups -OCH3 is 1. The van der Waals surface area contributed by atoms with Crippen molar-refractivity contribution in [2.75, 3.05) is 13.7 Å². The van der Waals surface area contributed by atoms with Gasteiger partial charge in [-0.25, -0.2) is 9.59 Å². The second-order valence-electron chi connectivity index (χ2n) is 4.93. The van der Waals surface area contributed by atoms with Gasteiger partial charge in [-0.3, -0.25) is 4.90 Å². The minimum Gasteiger partial charge on any atom is -0.480 e. The molecule has 0 radical (unpaired) electrons. The summed E-state index contributed by atoms with van der Waals surface area (Å²) in [5.74, 6) is -1.07. The molecule has 1 aliphatic rings. The summed E-state index contributed by atoms with van der Waals surface area (Å²) in [5.41, 5.74) is 0.859. The minimum atomic E-state index is -1.07.